The van der Waals surface area contributed by atoms with Gasteiger partial charge in [0.15, 0.2) is 0 Å². The first-order valence-corrected chi connectivity index (χ1v) is 10.2. The van der Waals surface area contributed by atoms with Crippen molar-refractivity contribution in [3.8, 4) is 0 Å². The molecule has 0 heterocycles. The van der Waals surface area contributed by atoms with Crippen LogP contribution in [0.15, 0.2) is 11.6 Å². The first-order valence-electron chi connectivity index (χ1n) is 10.2. The van der Waals surface area contributed by atoms with E-state index in [1.54, 1.807) is 6.92 Å². The minimum atomic E-state index is -0.167. The predicted octanol–water partition coefficient (Wildman–Crippen LogP) is 4.14. The molecule has 0 aromatic carbocycles. The molecule has 3 fully saturated rings. The van der Waals surface area contributed by atoms with E-state index < -0.39 is 0 Å². The smallest absolute Gasteiger partial charge is 0.133 e. The van der Waals surface area contributed by atoms with Crippen LogP contribution < -0.4 is 0 Å². The summed E-state index contributed by atoms with van der Waals surface area (Å²) in [6.07, 6.45) is 9.71. The van der Waals surface area contributed by atoms with Crippen LogP contribution in [0.4, 0.5) is 0 Å². The molecule has 3 nitrogen and oxygen atoms in total. The fourth-order valence-corrected chi connectivity index (χ4v) is 7.63. The SMILES string of the molecule is CO[C@H]1C[C@]2(C)[C@@H](C(C)=O)CC[C@H]2[C@@H]2CC=C3C[C@@H](O)CC[C@]3(C)[C@H]21. The molecule has 3 heteroatoms. The Morgan fingerprint density at radius 1 is 1.28 bits per heavy atom. The van der Waals surface area contributed by atoms with Crippen molar-refractivity contribution in [3.63, 3.8) is 0 Å². The molecule has 0 saturated heterocycles. The highest BCUT2D eigenvalue weighted by atomic mass is 16.5. The predicted molar refractivity (Wildman–Crippen MR) is 98.1 cm³/mol. The molecule has 0 aromatic heterocycles. The number of fused-ring (bicyclic) bond motifs is 5. The van der Waals surface area contributed by atoms with Gasteiger partial charge in [-0.05, 0) is 80.5 Å². The van der Waals surface area contributed by atoms with Crippen molar-refractivity contribution in [2.45, 2.75) is 77.9 Å². The summed E-state index contributed by atoms with van der Waals surface area (Å²) in [5.41, 5.74) is 1.74. The van der Waals surface area contributed by atoms with Gasteiger partial charge in [-0.1, -0.05) is 25.5 Å². The summed E-state index contributed by atoms with van der Waals surface area (Å²) >= 11 is 0. The van der Waals surface area contributed by atoms with Crippen molar-refractivity contribution < 1.29 is 14.6 Å². The lowest BCUT2D eigenvalue weighted by atomic mass is 9.46. The number of allylic oxidation sites excluding steroid dienone is 1. The largest absolute Gasteiger partial charge is 0.393 e. The van der Waals surface area contributed by atoms with E-state index in [4.69, 9.17) is 4.74 Å². The molecule has 4 rings (SSSR count). The van der Waals surface area contributed by atoms with Crippen LogP contribution in [0.2, 0.25) is 0 Å². The van der Waals surface area contributed by atoms with Crippen LogP contribution in [0, 0.1) is 34.5 Å². The van der Waals surface area contributed by atoms with Crippen molar-refractivity contribution in [2.75, 3.05) is 7.11 Å². The quantitative estimate of drug-likeness (QED) is 0.764. The van der Waals surface area contributed by atoms with Gasteiger partial charge < -0.3 is 9.84 Å². The number of Topliss-reactive ketones (excluding diaryl/α,β-unsaturated/α-hetero) is 1. The molecule has 3 saturated carbocycles. The zero-order valence-electron chi connectivity index (χ0n) is 16.3. The third-order valence-corrected chi connectivity index (χ3v) is 8.78. The van der Waals surface area contributed by atoms with Crippen molar-refractivity contribution in [3.05, 3.63) is 11.6 Å². The number of hydrogen-bond acceptors (Lipinski definition) is 3. The first kappa shape index (κ1) is 17.7. The third kappa shape index (κ3) is 2.41. The maximum atomic E-state index is 12.3. The van der Waals surface area contributed by atoms with Crippen molar-refractivity contribution in [1.29, 1.82) is 0 Å². The lowest BCUT2D eigenvalue weighted by molar-refractivity contribution is -0.147. The van der Waals surface area contributed by atoms with E-state index in [1.165, 1.54) is 12.0 Å². The Kier molecular flexibility index (Phi) is 4.20. The Balaban J connectivity index is 1.74. The second-order valence-corrected chi connectivity index (χ2v) is 9.80. The number of ether oxygens (including phenoxy) is 1. The van der Waals surface area contributed by atoms with E-state index >= 15 is 0 Å². The Morgan fingerprint density at radius 2 is 2.04 bits per heavy atom. The van der Waals surface area contributed by atoms with E-state index in [-0.39, 0.29) is 29.0 Å². The molecule has 1 N–H and O–H groups in total. The molecule has 140 valence electrons. The average molecular weight is 347 g/mol. The van der Waals surface area contributed by atoms with Crippen molar-refractivity contribution in [2.24, 2.45) is 34.5 Å². The molecule has 0 aromatic rings. The minimum absolute atomic E-state index is 0.101. The van der Waals surface area contributed by atoms with Crippen LogP contribution in [0.1, 0.15) is 65.7 Å². The number of ketones is 1. The molecule has 0 radical (unpaired) electrons. The van der Waals surface area contributed by atoms with Gasteiger partial charge in [0.05, 0.1) is 12.2 Å². The molecule has 0 unspecified atom stereocenters. The average Bonchev–Trinajstić information content (AvgIpc) is 2.91. The van der Waals surface area contributed by atoms with Crippen LogP contribution >= 0.6 is 0 Å². The third-order valence-electron chi connectivity index (χ3n) is 8.78. The van der Waals surface area contributed by atoms with Crippen LogP contribution in [-0.2, 0) is 9.53 Å². The monoisotopic (exact) mass is 346 g/mol. The molecule has 4 aliphatic carbocycles. The van der Waals surface area contributed by atoms with E-state index in [0.29, 0.717) is 23.5 Å². The topological polar surface area (TPSA) is 46.5 Å². The van der Waals surface area contributed by atoms with Gasteiger partial charge in [0, 0.05) is 13.0 Å². The standard InChI is InChI=1S/C22H34O3/c1-13(23)17-7-8-18-16-6-5-14-11-15(24)9-10-21(14,2)20(16)19(25-4)12-22(17,18)3/h5,15-20,24H,6-12H2,1-4H3/t15-,16-,17+,18-,19-,20+,21-,22+/m0/s1. The molecule has 25 heavy (non-hydrogen) atoms. The van der Waals surface area contributed by atoms with Crippen molar-refractivity contribution in [1.82, 2.24) is 0 Å². The van der Waals surface area contributed by atoms with Gasteiger partial charge in [0.1, 0.15) is 5.78 Å². The maximum Gasteiger partial charge on any atom is 0.133 e. The van der Waals surface area contributed by atoms with E-state index in [0.717, 1.165) is 38.5 Å². The zero-order valence-corrected chi connectivity index (χ0v) is 16.3. The van der Waals surface area contributed by atoms with Gasteiger partial charge in [0.2, 0.25) is 0 Å². The summed E-state index contributed by atoms with van der Waals surface area (Å²) in [6.45, 7) is 6.58. The number of aliphatic hydroxyl groups excluding tert-OH is 1. The summed E-state index contributed by atoms with van der Waals surface area (Å²) in [5.74, 6) is 2.38. The second kappa shape index (κ2) is 5.92. The Hall–Kier alpha value is -0.670. The highest BCUT2D eigenvalue weighted by Gasteiger charge is 2.62. The highest BCUT2D eigenvalue weighted by Crippen LogP contribution is 2.66. The van der Waals surface area contributed by atoms with Crippen LogP contribution in [0.25, 0.3) is 0 Å². The van der Waals surface area contributed by atoms with Gasteiger partial charge >= 0.3 is 0 Å². The lowest BCUT2D eigenvalue weighted by Crippen LogP contribution is -2.57. The maximum absolute atomic E-state index is 12.3. The molecule has 0 aliphatic heterocycles. The Morgan fingerprint density at radius 3 is 2.72 bits per heavy atom. The molecule has 8 atom stereocenters. The van der Waals surface area contributed by atoms with Crippen molar-refractivity contribution >= 4 is 5.78 Å². The number of aliphatic hydroxyl groups is 1. The minimum Gasteiger partial charge on any atom is -0.393 e. The summed E-state index contributed by atoms with van der Waals surface area (Å²) < 4.78 is 6.10. The molecule has 0 amide bonds. The van der Waals surface area contributed by atoms with Crippen LogP contribution in [0.5, 0.6) is 0 Å². The van der Waals surface area contributed by atoms with Gasteiger partial charge in [-0.25, -0.2) is 0 Å². The number of carbonyl (C=O) groups excluding carboxylic acids is 1. The second-order valence-electron chi connectivity index (χ2n) is 9.80. The summed E-state index contributed by atoms with van der Waals surface area (Å²) in [4.78, 5) is 12.3. The molecular weight excluding hydrogens is 312 g/mol. The van der Waals surface area contributed by atoms with Gasteiger partial charge in [0.25, 0.3) is 0 Å². The fourth-order valence-electron chi connectivity index (χ4n) is 7.63. The molecule has 0 bridgehead atoms. The first-order chi connectivity index (χ1) is 11.8. The molecular formula is C22H34O3. The van der Waals surface area contributed by atoms with Gasteiger partial charge in [-0.15, -0.1) is 0 Å². The zero-order chi connectivity index (χ0) is 18.0. The molecule has 4 aliphatic rings. The number of hydrogen-bond donors (Lipinski definition) is 1. The van der Waals surface area contributed by atoms with Crippen LogP contribution in [-0.4, -0.2) is 30.2 Å². The van der Waals surface area contributed by atoms with Gasteiger partial charge in [-0.2, -0.15) is 0 Å². The Bertz CT molecular complexity index is 596. The Labute approximate surface area is 152 Å². The molecule has 0 spiro atoms. The number of rotatable bonds is 2. The van der Waals surface area contributed by atoms with E-state index in [1.807, 2.05) is 7.11 Å². The fraction of sp³-hybridized carbons (Fsp3) is 0.864. The lowest BCUT2D eigenvalue weighted by Gasteiger charge is -2.60. The summed E-state index contributed by atoms with van der Waals surface area (Å²) in [5, 5.41) is 10.2. The highest BCUT2D eigenvalue weighted by molar-refractivity contribution is 5.79. The van der Waals surface area contributed by atoms with Crippen LogP contribution in [0.3, 0.4) is 0 Å². The number of carbonyl (C=O) groups is 1. The van der Waals surface area contributed by atoms with E-state index in [2.05, 4.69) is 19.9 Å². The summed E-state index contributed by atoms with van der Waals surface area (Å²) in [6, 6.07) is 0. The van der Waals surface area contributed by atoms with Gasteiger partial charge in [-0.3, -0.25) is 4.79 Å². The summed E-state index contributed by atoms with van der Waals surface area (Å²) in [7, 11) is 1.86. The number of methoxy groups -OCH3 is 1. The van der Waals surface area contributed by atoms with E-state index in [9.17, 15) is 9.90 Å². The normalized spacial score (nSPS) is 52.0.